The lowest BCUT2D eigenvalue weighted by Gasteiger charge is -2.04. The van der Waals surface area contributed by atoms with E-state index in [4.69, 9.17) is 5.11 Å². The molecule has 1 amide bonds. The van der Waals surface area contributed by atoms with Crippen molar-refractivity contribution in [2.24, 2.45) is 0 Å². The molecule has 2 heterocycles. The van der Waals surface area contributed by atoms with E-state index in [2.05, 4.69) is 15.3 Å². The highest BCUT2D eigenvalue weighted by Gasteiger charge is 2.08. The molecule has 0 bridgehead atoms. The van der Waals surface area contributed by atoms with Gasteiger partial charge in [-0.15, -0.1) is 0 Å². The van der Waals surface area contributed by atoms with Crippen LogP contribution in [0.3, 0.4) is 0 Å². The Morgan fingerprint density at radius 1 is 1.24 bits per heavy atom. The number of anilines is 1. The van der Waals surface area contributed by atoms with Crippen molar-refractivity contribution in [1.82, 2.24) is 9.97 Å². The van der Waals surface area contributed by atoms with Crippen molar-refractivity contribution < 1.29 is 19.1 Å². The third-order valence-corrected chi connectivity index (χ3v) is 2.41. The molecule has 2 N–H and O–H groups in total. The second kappa shape index (κ2) is 6.38. The number of hydrogen-bond acceptors (Lipinski definition) is 4. The molecule has 21 heavy (non-hydrogen) atoms. The van der Waals surface area contributed by atoms with Crippen molar-refractivity contribution in [1.29, 1.82) is 0 Å². The fourth-order valence-corrected chi connectivity index (χ4v) is 1.48. The Kier molecular flexibility index (Phi) is 4.35. The molecule has 0 aromatic carbocycles. The Morgan fingerprint density at radius 2 is 2.05 bits per heavy atom. The molecule has 6 nitrogen and oxygen atoms in total. The van der Waals surface area contributed by atoms with Crippen LogP contribution in [0.25, 0.3) is 6.08 Å². The van der Waals surface area contributed by atoms with Crippen LogP contribution < -0.4 is 5.32 Å². The third kappa shape index (κ3) is 4.20. The van der Waals surface area contributed by atoms with Gasteiger partial charge in [-0.05, 0) is 29.8 Å². The van der Waals surface area contributed by atoms with Gasteiger partial charge >= 0.3 is 5.97 Å². The van der Waals surface area contributed by atoms with Crippen molar-refractivity contribution in [2.45, 2.75) is 0 Å². The number of aliphatic carboxylic acids is 1. The topological polar surface area (TPSA) is 92.2 Å². The van der Waals surface area contributed by atoms with Crippen LogP contribution in [0.4, 0.5) is 10.2 Å². The SMILES string of the molecule is O=C(O)C=Cc1cncc(C(=O)Nc2ccc(F)cn2)c1. The minimum atomic E-state index is -1.10. The van der Waals surface area contributed by atoms with Crippen molar-refractivity contribution in [3.8, 4) is 0 Å². The smallest absolute Gasteiger partial charge is 0.328 e. The Bertz CT molecular complexity index is 699. The van der Waals surface area contributed by atoms with E-state index in [1.165, 1.54) is 36.7 Å². The minimum absolute atomic E-state index is 0.202. The summed E-state index contributed by atoms with van der Waals surface area (Å²) < 4.78 is 12.7. The number of halogens is 1. The minimum Gasteiger partial charge on any atom is -0.478 e. The van der Waals surface area contributed by atoms with Crippen molar-refractivity contribution in [3.63, 3.8) is 0 Å². The lowest BCUT2D eigenvalue weighted by atomic mass is 10.2. The highest BCUT2D eigenvalue weighted by Crippen LogP contribution is 2.09. The molecule has 7 heteroatoms. The molecule has 0 saturated carbocycles. The highest BCUT2D eigenvalue weighted by molar-refractivity contribution is 6.03. The molecule has 0 saturated heterocycles. The monoisotopic (exact) mass is 287 g/mol. The number of carbonyl (C=O) groups is 2. The van der Waals surface area contributed by atoms with Crippen LogP contribution in [0, 0.1) is 5.82 Å². The molecule has 0 spiro atoms. The number of nitrogens with zero attached hydrogens (tertiary/aromatic N) is 2. The lowest BCUT2D eigenvalue weighted by Crippen LogP contribution is -2.13. The number of carboxylic acid groups (broad SMARTS) is 1. The normalized spacial score (nSPS) is 10.5. The first-order valence-corrected chi connectivity index (χ1v) is 5.83. The number of pyridine rings is 2. The summed E-state index contributed by atoms with van der Waals surface area (Å²) >= 11 is 0. The van der Waals surface area contributed by atoms with Gasteiger partial charge in [-0.25, -0.2) is 14.2 Å². The Hall–Kier alpha value is -3.09. The van der Waals surface area contributed by atoms with E-state index >= 15 is 0 Å². The van der Waals surface area contributed by atoms with Crippen LogP contribution in [0.2, 0.25) is 0 Å². The first-order chi connectivity index (χ1) is 10.0. The Labute approximate surface area is 119 Å². The van der Waals surface area contributed by atoms with Crippen molar-refractivity contribution in [2.75, 3.05) is 5.32 Å². The van der Waals surface area contributed by atoms with Crippen LogP contribution in [-0.4, -0.2) is 27.0 Å². The van der Waals surface area contributed by atoms with Crippen molar-refractivity contribution >= 4 is 23.8 Å². The van der Waals surface area contributed by atoms with Crippen molar-refractivity contribution in [3.05, 3.63) is 59.8 Å². The first kappa shape index (κ1) is 14.3. The van der Waals surface area contributed by atoms with Crippen LogP contribution in [0.1, 0.15) is 15.9 Å². The van der Waals surface area contributed by atoms with Crippen LogP contribution in [0.5, 0.6) is 0 Å². The summed E-state index contributed by atoms with van der Waals surface area (Å²) in [5.74, 6) is -1.88. The molecule has 0 atom stereocenters. The van der Waals surface area contributed by atoms with E-state index in [-0.39, 0.29) is 11.4 Å². The van der Waals surface area contributed by atoms with E-state index in [1.807, 2.05) is 0 Å². The maximum Gasteiger partial charge on any atom is 0.328 e. The number of rotatable bonds is 4. The number of carbonyl (C=O) groups excluding carboxylic acids is 1. The Morgan fingerprint density at radius 3 is 2.71 bits per heavy atom. The van der Waals surface area contributed by atoms with Crippen LogP contribution >= 0.6 is 0 Å². The summed E-state index contributed by atoms with van der Waals surface area (Å²) in [7, 11) is 0. The second-order valence-corrected chi connectivity index (χ2v) is 3.99. The quantitative estimate of drug-likeness (QED) is 0.839. The summed E-state index contributed by atoms with van der Waals surface area (Å²) in [6, 6.07) is 3.98. The maximum absolute atomic E-state index is 12.7. The van der Waals surface area contributed by atoms with E-state index in [9.17, 15) is 14.0 Å². The molecular weight excluding hydrogens is 277 g/mol. The molecule has 0 aliphatic rings. The summed E-state index contributed by atoms with van der Waals surface area (Å²) in [6.45, 7) is 0. The largest absolute Gasteiger partial charge is 0.478 e. The standard InChI is InChI=1S/C14H10FN3O3/c15-11-2-3-12(17-8-11)18-14(21)10-5-9(6-16-7-10)1-4-13(19)20/h1-8H,(H,19,20)(H,17,18,21). The molecule has 0 radical (unpaired) electrons. The zero-order chi connectivity index (χ0) is 15.2. The fourth-order valence-electron chi connectivity index (χ4n) is 1.48. The molecular formula is C14H10FN3O3. The summed E-state index contributed by atoms with van der Waals surface area (Å²) in [5.41, 5.74) is 0.700. The molecule has 0 fully saturated rings. The molecule has 0 aliphatic heterocycles. The first-order valence-electron chi connectivity index (χ1n) is 5.83. The zero-order valence-electron chi connectivity index (χ0n) is 10.7. The molecule has 0 aliphatic carbocycles. The van der Waals surface area contributed by atoms with Gasteiger partial charge in [0.15, 0.2) is 0 Å². The van der Waals surface area contributed by atoms with Gasteiger partial charge in [0.2, 0.25) is 0 Å². The number of nitrogens with one attached hydrogen (secondary N) is 1. The second-order valence-electron chi connectivity index (χ2n) is 3.99. The van der Waals surface area contributed by atoms with E-state index in [1.54, 1.807) is 0 Å². The van der Waals surface area contributed by atoms with Gasteiger partial charge in [0.1, 0.15) is 11.6 Å². The summed E-state index contributed by atoms with van der Waals surface area (Å²) in [4.78, 5) is 30.0. The maximum atomic E-state index is 12.7. The third-order valence-electron chi connectivity index (χ3n) is 2.41. The molecule has 2 aromatic heterocycles. The number of aromatic nitrogens is 2. The van der Waals surface area contributed by atoms with Gasteiger partial charge in [-0.1, -0.05) is 0 Å². The number of amides is 1. The van der Waals surface area contributed by atoms with Gasteiger partial charge < -0.3 is 10.4 Å². The van der Waals surface area contributed by atoms with Gasteiger partial charge in [0.25, 0.3) is 5.91 Å². The molecule has 2 aromatic rings. The fraction of sp³-hybridized carbons (Fsp3) is 0. The summed E-state index contributed by atoms with van der Waals surface area (Å²) in [5, 5.41) is 11.0. The zero-order valence-corrected chi connectivity index (χ0v) is 10.7. The average Bonchev–Trinajstić information content (AvgIpc) is 2.48. The number of hydrogen-bond donors (Lipinski definition) is 2. The van der Waals surface area contributed by atoms with E-state index < -0.39 is 17.7 Å². The van der Waals surface area contributed by atoms with Gasteiger partial charge in [0, 0.05) is 18.5 Å². The van der Waals surface area contributed by atoms with Gasteiger partial charge in [-0.3, -0.25) is 9.78 Å². The van der Waals surface area contributed by atoms with Crippen LogP contribution in [-0.2, 0) is 4.79 Å². The molecule has 0 unspecified atom stereocenters. The van der Waals surface area contributed by atoms with Crippen LogP contribution in [0.15, 0.2) is 42.9 Å². The molecule has 2 rings (SSSR count). The van der Waals surface area contributed by atoms with Gasteiger partial charge in [0.05, 0.1) is 11.8 Å². The average molecular weight is 287 g/mol. The predicted molar refractivity (Wildman–Crippen MR) is 73.1 cm³/mol. The summed E-state index contributed by atoms with van der Waals surface area (Å²) in [6.07, 6.45) is 6.01. The Balaban J connectivity index is 2.14. The lowest BCUT2D eigenvalue weighted by molar-refractivity contribution is -0.131. The molecule has 106 valence electrons. The van der Waals surface area contributed by atoms with E-state index in [0.29, 0.717) is 5.56 Å². The highest BCUT2D eigenvalue weighted by atomic mass is 19.1. The number of carboxylic acids is 1. The van der Waals surface area contributed by atoms with E-state index in [0.717, 1.165) is 12.3 Å². The van der Waals surface area contributed by atoms with Gasteiger partial charge in [-0.2, -0.15) is 0 Å². The predicted octanol–water partition coefficient (Wildman–Crippen LogP) is 1.97.